The number of hydrogen-bond acceptors (Lipinski definition) is 4. The molecule has 0 unspecified atom stereocenters. The number of aromatic nitrogens is 1. The Bertz CT molecular complexity index is 999. The molecule has 1 aliphatic carbocycles. The monoisotopic (exact) mass is 381 g/mol. The van der Waals surface area contributed by atoms with Crippen LogP contribution in [0.25, 0.3) is 11.3 Å². The maximum atomic E-state index is 10.7. The average molecular weight is 382 g/mol. The lowest BCUT2D eigenvalue weighted by atomic mass is 9.77. The van der Waals surface area contributed by atoms with Crippen LogP contribution in [0.3, 0.4) is 0 Å². The Kier molecular flexibility index (Phi) is 3.99. The van der Waals surface area contributed by atoms with Gasteiger partial charge in [-0.25, -0.2) is 0 Å². The van der Waals surface area contributed by atoms with Crippen LogP contribution < -0.4 is 4.74 Å². The zero-order valence-corrected chi connectivity index (χ0v) is 15.6. The zero-order valence-electron chi connectivity index (χ0n) is 14.8. The summed E-state index contributed by atoms with van der Waals surface area (Å²) >= 11 is 6.26. The number of nitrogens with zero attached hydrogens (tertiary/aromatic N) is 1. The molecule has 0 saturated heterocycles. The molecule has 2 atom stereocenters. The van der Waals surface area contributed by atoms with Crippen molar-refractivity contribution in [1.29, 1.82) is 0 Å². The maximum absolute atomic E-state index is 10.7. The van der Waals surface area contributed by atoms with Gasteiger partial charge in [0.25, 0.3) is 0 Å². The minimum absolute atomic E-state index is 0.362. The summed E-state index contributed by atoms with van der Waals surface area (Å²) in [6.07, 6.45) is 4.03. The van der Waals surface area contributed by atoms with Crippen LogP contribution in [0.15, 0.2) is 53.1 Å². The van der Waals surface area contributed by atoms with Gasteiger partial charge in [0.05, 0.1) is 5.02 Å². The first-order valence-electron chi connectivity index (χ1n) is 9.35. The van der Waals surface area contributed by atoms with Crippen LogP contribution in [0.4, 0.5) is 0 Å². The van der Waals surface area contributed by atoms with Gasteiger partial charge in [-0.05, 0) is 30.4 Å². The van der Waals surface area contributed by atoms with Crippen molar-refractivity contribution in [2.24, 2.45) is 0 Å². The third-order valence-electron chi connectivity index (χ3n) is 5.62. The second-order valence-corrected chi connectivity index (χ2v) is 7.92. The molecule has 27 heavy (non-hydrogen) atoms. The van der Waals surface area contributed by atoms with Crippen molar-refractivity contribution in [3.63, 3.8) is 0 Å². The first-order valence-corrected chi connectivity index (χ1v) is 9.73. The molecule has 1 fully saturated rings. The summed E-state index contributed by atoms with van der Waals surface area (Å²) in [5.41, 5.74) is 3.78. The van der Waals surface area contributed by atoms with E-state index in [1.807, 2.05) is 36.4 Å². The second kappa shape index (κ2) is 6.39. The van der Waals surface area contributed by atoms with Crippen molar-refractivity contribution >= 4 is 11.6 Å². The van der Waals surface area contributed by atoms with Crippen LogP contribution in [0.5, 0.6) is 5.75 Å². The Morgan fingerprint density at radius 3 is 2.96 bits per heavy atom. The van der Waals surface area contributed by atoms with Crippen molar-refractivity contribution in [1.82, 2.24) is 5.16 Å². The van der Waals surface area contributed by atoms with E-state index in [-0.39, 0.29) is 0 Å². The van der Waals surface area contributed by atoms with E-state index >= 15 is 0 Å². The van der Waals surface area contributed by atoms with Crippen LogP contribution in [-0.2, 0) is 6.42 Å². The zero-order chi connectivity index (χ0) is 18.4. The molecule has 5 rings (SSSR count). The SMILES string of the molecule is O[C@]12CCC[C@H](C1)c1cccc(Cc3cc(-c4ccccc4Cl)no3)c1O2. The van der Waals surface area contributed by atoms with E-state index in [4.69, 9.17) is 20.9 Å². The first-order chi connectivity index (χ1) is 13.1. The first kappa shape index (κ1) is 16.8. The van der Waals surface area contributed by atoms with Crippen molar-refractivity contribution in [3.8, 4) is 17.0 Å². The van der Waals surface area contributed by atoms with Gasteiger partial charge < -0.3 is 14.4 Å². The summed E-state index contributed by atoms with van der Waals surface area (Å²) in [5.74, 6) is 0.882. The number of ether oxygens (including phenoxy) is 1. The minimum atomic E-state index is -1.03. The molecule has 0 spiro atoms. The van der Waals surface area contributed by atoms with Gasteiger partial charge in [0.1, 0.15) is 17.2 Å². The van der Waals surface area contributed by atoms with Gasteiger partial charge in [0.15, 0.2) is 0 Å². The van der Waals surface area contributed by atoms with Gasteiger partial charge in [-0.3, -0.25) is 0 Å². The second-order valence-electron chi connectivity index (χ2n) is 7.51. The quantitative estimate of drug-likeness (QED) is 0.666. The third kappa shape index (κ3) is 3.03. The van der Waals surface area contributed by atoms with E-state index in [0.29, 0.717) is 30.2 Å². The lowest BCUT2D eigenvalue weighted by Crippen LogP contribution is -2.43. The Hall–Kier alpha value is -2.30. The van der Waals surface area contributed by atoms with E-state index in [0.717, 1.165) is 41.2 Å². The fraction of sp³-hybridized carbons (Fsp3) is 0.318. The molecule has 1 saturated carbocycles. The molecule has 1 aliphatic heterocycles. The Morgan fingerprint density at radius 1 is 1.19 bits per heavy atom. The molecule has 0 radical (unpaired) electrons. The molecule has 138 valence electrons. The average Bonchev–Trinajstić information content (AvgIpc) is 3.11. The molecule has 2 aromatic carbocycles. The van der Waals surface area contributed by atoms with Crippen LogP contribution in [0, 0.1) is 0 Å². The topological polar surface area (TPSA) is 55.5 Å². The van der Waals surface area contributed by atoms with E-state index in [1.54, 1.807) is 0 Å². The fourth-order valence-electron chi connectivity index (χ4n) is 4.33. The molecular weight excluding hydrogens is 362 g/mol. The Morgan fingerprint density at radius 2 is 2.07 bits per heavy atom. The van der Waals surface area contributed by atoms with Gasteiger partial charge in [-0.1, -0.05) is 53.2 Å². The number of benzene rings is 2. The third-order valence-corrected chi connectivity index (χ3v) is 5.95. The molecule has 2 heterocycles. The number of aliphatic hydroxyl groups is 1. The predicted octanol–water partition coefficient (Wildman–Crippen LogP) is 5.32. The van der Waals surface area contributed by atoms with Crippen LogP contribution >= 0.6 is 11.6 Å². The van der Waals surface area contributed by atoms with Gasteiger partial charge in [-0.15, -0.1) is 0 Å². The van der Waals surface area contributed by atoms with Crippen LogP contribution in [-0.4, -0.2) is 16.1 Å². The number of rotatable bonds is 3. The standard InChI is InChI=1S/C22H20ClNO3/c23-19-9-2-1-7-18(19)20-12-16(27-24-20)11-14-5-3-8-17-15-6-4-10-22(25,13-15)26-21(14)17/h1-3,5,7-9,12,15,25H,4,6,10-11,13H2/t15-,22+/m1/s1. The molecule has 4 nitrogen and oxygen atoms in total. The molecule has 1 aromatic heterocycles. The molecule has 2 bridgehead atoms. The molecule has 0 amide bonds. The number of para-hydroxylation sites is 1. The van der Waals surface area contributed by atoms with Crippen molar-refractivity contribution in [2.45, 2.75) is 43.8 Å². The summed E-state index contributed by atoms with van der Waals surface area (Å²) in [6.45, 7) is 0. The molecule has 3 aromatic rings. The number of fused-ring (bicyclic) bond motifs is 4. The predicted molar refractivity (Wildman–Crippen MR) is 103 cm³/mol. The van der Waals surface area contributed by atoms with Crippen molar-refractivity contribution < 1.29 is 14.4 Å². The lowest BCUT2D eigenvalue weighted by Gasteiger charge is -2.43. The molecular formula is C22H20ClNO3. The highest BCUT2D eigenvalue weighted by molar-refractivity contribution is 6.33. The molecule has 1 N–H and O–H groups in total. The number of halogens is 1. The van der Waals surface area contributed by atoms with E-state index < -0.39 is 5.79 Å². The highest BCUT2D eigenvalue weighted by Crippen LogP contribution is 2.49. The fourth-order valence-corrected chi connectivity index (χ4v) is 4.56. The molecule has 2 aliphatic rings. The van der Waals surface area contributed by atoms with E-state index in [2.05, 4.69) is 17.3 Å². The van der Waals surface area contributed by atoms with Crippen LogP contribution in [0.1, 0.15) is 48.5 Å². The van der Waals surface area contributed by atoms with Crippen LogP contribution in [0.2, 0.25) is 5.02 Å². The van der Waals surface area contributed by atoms with Crippen molar-refractivity contribution in [2.75, 3.05) is 0 Å². The minimum Gasteiger partial charge on any atom is -0.462 e. The highest BCUT2D eigenvalue weighted by atomic mass is 35.5. The normalized spacial score (nSPS) is 23.6. The van der Waals surface area contributed by atoms with E-state index in [9.17, 15) is 5.11 Å². The summed E-state index contributed by atoms with van der Waals surface area (Å²) in [7, 11) is 0. The maximum Gasteiger partial charge on any atom is 0.208 e. The summed E-state index contributed by atoms with van der Waals surface area (Å²) in [5, 5.41) is 15.6. The van der Waals surface area contributed by atoms with Gasteiger partial charge in [-0.2, -0.15) is 0 Å². The van der Waals surface area contributed by atoms with Gasteiger partial charge in [0.2, 0.25) is 5.79 Å². The largest absolute Gasteiger partial charge is 0.462 e. The van der Waals surface area contributed by atoms with Crippen molar-refractivity contribution in [3.05, 3.63) is 70.4 Å². The van der Waals surface area contributed by atoms with Gasteiger partial charge >= 0.3 is 0 Å². The summed E-state index contributed by atoms with van der Waals surface area (Å²) in [6, 6.07) is 15.7. The lowest BCUT2D eigenvalue weighted by molar-refractivity contribution is -0.173. The Balaban J connectivity index is 1.47. The smallest absolute Gasteiger partial charge is 0.208 e. The Labute approximate surface area is 162 Å². The van der Waals surface area contributed by atoms with E-state index in [1.165, 1.54) is 5.56 Å². The van der Waals surface area contributed by atoms with Gasteiger partial charge in [0, 0.05) is 36.5 Å². The summed E-state index contributed by atoms with van der Waals surface area (Å²) < 4.78 is 11.6. The number of hydrogen-bond donors (Lipinski definition) is 1. The molecule has 5 heteroatoms. The summed E-state index contributed by atoms with van der Waals surface area (Å²) in [4.78, 5) is 0. The highest BCUT2D eigenvalue weighted by Gasteiger charge is 2.43.